The van der Waals surface area contributed by atoms with Crippen LogP contribution >= 0.6 is 0 Å². The standard InChI is InChI=1S/C36H27N5/c37-19-24-14-29-30(32-16-26-15-25-13-23(18-36(25,26)32)27-11-12-38-20-31(27)29)17-28(24)35-40-33(21-7-3-1-4-8-21)39-34(41-35)22-9-5-2-6-10-22/h1-12,14,17,20,23,25-26,32H,13,15-16,18H2/t23?,25?,26?,32?,36-/m1/s1. The Balaban J connectivity index is 1.29. The van der Waals surface area contributed by atoms with E-state index in [0.717, 1.165) is 28.5 Å². The molecule has 41 heavy (non-hydrogen) atoms. The van der Waals surface area contributed by atoms with Crippen LogP contribution in [-0.2, 0) is 0 Å². The van der Waals surface area contributed by atoms with Crippen molar-refractivity contribution in [1.29, 1.82) is 5.26 Å². The summed E-state index contributed by atoms with van der Waals surface area (Å²) in [6.45, 7) is 0. The lowest BCUT2D eigenvalue weighted by atomic mass is 9.37. The molecule has 3 aromatic carbocycles. The first-order valence-electron chi connectivity index (χ1n) is 14.6. The van der Waals surface area contributed by atoms with Gasteiger partial charge in [0.05, 0.1) is 11.6 Å². The lowest BCUT2D eigenvalue weighted by molar-refractivity contribution is -0.144. The van der Waals surface area contributed by atoms with Crippen molar-refractivity contribution >= 4 is 0 Å². The van der Waals surface area contributed by atoms with E-state index in [1.54, 1.807) is 0 Å². The van der Waals surface area contributed by atoms with Gasteiger partial charge < -0.3 is 0 Å². The second kappa shape index (κ2) is 8.41. The van der Waals surface area contributed by atoms with E-state index in [1.807, 2.05) is 73.1 Å². The molecule has 1 spiro atoms. The number of nitriles is 1. The van der Waals surface area contributed by atoms with Crippen molar-refractivity contribution in [3.63, 3.8) is 0 Å². The molecule has 4 aliphatic rings. The maximum Gasteiger partial charge on any atom is 0.165 e. The highest BCUT2D eigenvalue weighted by Gasteiger charge is 2.70. The van der Waals surface area contributed by atoms with Gasteiger partial charge >= 0.3 is 0 Å². The molecule has 5 aromatic rings. The predicted molar refractivity (Wildman–Crippen MR) is 157 cm³/mol. The van der Waals surface area contributed by atoms with Crippen LogP contribution in [0.25, 0.3) is 45.3 Å². The number of nitrogens with zero attached hydrogens (tertiary/aromatic N) is 5. The van der Waals surface area contributed by atoms with Gasteiger partial charge in [0.25, 0.3) is 0 Å². The number of hydrogen-bond donors (Lipinski definition) is 0. The molecular formula is C36H27N5. The van der Waals surface area contributed by atoms with Gasteiger partial charge in [0.1, 0.15) is 0 Å². The van der Waals surface area contributed by atoms with Crippen LogP contribution in [0.1, 0.15) is 54.2 Å². The summed E-state index contributed by atoms with van der Waals surface area (Å²) in [6.07, 6.45) is 9.13. The smallest absolute Gasteiger partial charge is 0.165 e. The third kappa shape index (κ3) is 3.16. The normalized spacial score (nSPS) is 26.2. The molecule has 196 valence electrons. The fraction of sp³-hybridized carbons (Fsp3) is 0.250. The number of hydrogen-bond acceptors (Lipinski definition) is 5. The quantitative estimate of drug-likeness (QED) is 0.238. The summed E-state index contributed by atoms with van der Waals surface area (Å²) in [5, 5.41) is 10.5. The molecule has 9 rings (SSSR count). The van der Waals surface area contributed by atoms with E-state index in [9.17, 15) is 5.26 Å². The fourth-order valence-electron chi connectivity index (χ4n) is 8.81. The largest absolute Gasteiger partial charge is 0.264 e. The number of pyridine rings is 1. The molecule has 4 unspecified atom stereocenters. The van der Waals surface area contributed by atoms with Gasteiger partial charge in [-0.1, -0.05) is 60.7 Å². The zero-order valence-corrected chi connectivity index (χ0v) is 22.5. The van der Waals surface area contributed by atoms with E-state index in [1.165, 1.54) is 47.9 Å². The minimum atomic E-state index is 0.412. The molecule has 5 atom stereocenters. The first-order valence-corrected chi connectivity index (χ1v) is 14.6. The second-order valence-electron chi connectivity index (χ2n) is 12.3. The molecular weight excluding hydrogens is 502 g/mol. The molecule has 3 fully saturated rings. The van der Waals surface area contributed by atoms with E-state index < -0.39 is 0 Å². The number of aromatic nitrogens is 4. The van der Waals surface area contributed by atoms with Gasteiger partial charge in [-0.15, -0.1) is 0 Å². The molecule has 4 aliphatic carbocycles. The van der Waals surface area contributed by atoms with Gasteiger partial charge in [-0.05, 0) is 89.7 Å². The van der Waals surface area contributed by atoms with E-state index >= 15 is 0 Å². The molecule has 2 bridgehead atoms. The van der Waals surface area contributed by atoms with Crippen LogP contribution in [0.3, 0.4) is 0 Å². The molecule has 0 saturated heterocycles. The number of fused-ring (bicyclic) bond motifs is 6. The maximum absolute atomic E-state index is 10.5. The van der Waals surface area contributed by atoms with E-state index in [2.05, 4.69) is 29.3 Å². The zero-order valence-electron chi connectivity index (χ0n) is 22.5. The highest BCUT2D eigenvalue weighted by Crippen LogP contribution is 2.80. The van der Waals surface area contributed by atoms with Crippen molar-refractivity contribution in [1.82, 2.24) is 19.9 Å². The summed E-state index contributed by atoms with van der Waals surface area (Å²) < 4.78 is 0. The summed E-state index contributed by atoms with van der Waals surface area (Å²) in [6, 6.07) is 29.1. The average molecular weight is 530 g/mol. The Morgan fingerprint density at radius 1 is 0.683 bits per heavy atom. The monoisotopic (exact) mass is 529 g/mol. The van der Waals surface area contributed by atoms with Crippen molar-refractivity contribution in [2.75, 3.05) is 0 Å². The van der Waals surface area contributed by atoms with Gasteiger partial charge in [0.2, 0.25) is 0 Å². The van der Waals surface area contributed by atoms with E-state index in [0.29, 0.717) is 40.3 Å². The molecule has 0 aliphatic heterocycles. The zero-order chi connectivity index (χ0) is 27.1. The Kier molecular flexibility index (Phi) is 4.73. The minimum absolute atomic E-state index is 0.412. The molecule has 0 N–H and O–H groups in total. The van der Waals surface area contributed by atoms with E-state index in [4.69, 9.17) is 15.0 Å². The summed E-state index contributed by atoms with van der Waals surface area (Å²) in [5.41, 5.74) is 8.76. The average Bonchev–Trinajstić information content (AvgIpc) is 3.40. The van der Waals surface area contributed by atoms with Gasteiger partial charge in [-0.2, -0.15) is 5.26 Å². The summed E-state index contributed by atoms with van der Waals surface area (Å²) in [7, 11) is 0. The lowest BCUT2D eigenvalue weighted by Crippen LogP contribution is -2.59. The Morgan fingerprint density at radius 3 is 2.05 bits per heavy atom. The number of rotatable bonds is 3. The summed E-state index contributed by atoms with van der Waals surface area (Å²) in [5.74, 6) is 4.51. The van der Waals surface area contributed by atoms with E-state index in [-0.39, 0.29) is 0 Å². The second-order valence-corrected chi connectivity index (χ2v) is 12.3. The molecule has 5 heteroatoms. The maximum atomic E-state index is 10.5. The predicted octanol–water partition coefficient (Wildman–Crippen LogP) is 7.81. The van der Waals surface area contributed by atoms with Crippen molar-refractivity contribution in [2.24, 2.45) is 17.3 Å². The SMILES string of the molecule is N#Cc1cc2c(cc1-c1nc(-c3ccccc3)nc(-c3ccccc3)n1)C1CC3CC4CC(C[C@@]431)c1ccncc1-2. The Hall–Kier alpha value is -4.69. The molecule has 0 amide bonds. The van der Waals surface area contributed by atoms with Crippen molar-refractivity contribution in [3.8, 4) is 51.4 Å². The lowest BCUT2D eigenvalue weighted by Gasteiger charge is -2.67. The van der Waals surface area contributed by atoms with Gasteiger partial charge in [0, 0.05) is 34.6 Å². The highest BCUT2D eigenvalue weighted by atomic mass is 15.0. The van der Waals surface area contributed by atoms with Crippen LogP contribution in [0.15, 0.2) is 91.3 Å². The molecule has 2 aromatic heterocycles. The van der Waals surface area contributed by atoms with Gasteiger partial charge in [0.15, 0.2) is 17.5 Å². The number of benzene rings is 3. The fourth-order valence-corrected chi connectivity index (χ4v) is 8.81. The first kappa shape index (κ1) is 23.1. The van der Waals surface area contributed by atoms with Crippen LogP contribution in [-0.4, -0.2) is 19.9 Å². The third-order valence-electron chi connectivity index (χ3n) is 10.6. The van der Waals surface area contributed by atoms with Crippen LogP contribution in [0, 0.1) is 28.6 Å². The topological polar surface area (TPSA) is 75.3 Å². The van der Waals surface area contributed by atoms with Crippen LogP contribution < -0.4 is 0 Å². The van der Waals surface area contributed by atoms with Crippen molar-refractivity contribution in [2.45, 2.75) is 37.5 Å². The van der Waals surface area contributed by atoms with Crippen molar-refractivity contribution < 1.29 is 0 Å². The molecule has 3 saturated carbocycles. The van der Waals surface area contributed by atoms with Crippen molar-refractivity contribution in [3.05, 3.63) is 108 Å². The van der Waals surface area contributed by atoms with Gasteiger partial charge in [-0.25, -0.2) is 15.0 Å². The van der Waals surface area contributed by atoms with Crippen LogP contribution in [0.5, 0.6) is 0 Å². The summed E-state index contributed by atoms with van der Waals surface area (Å²) >= 11 is 0. The van der Waals surface area contributed by atoms with Gasteiger partial charge in [-0.3, -0.25) is 4.98 Å². The van der Waals surface area contributed by atoms with Crippen LogP contribution in [0.4, 0.5) is 0 Å². The van der Waals surface area contributed by atoms with Crippen LogP contribution in [0.2, 0.25) is 0 Å². The Morgan fingerprint density at radius 2 is 1.37 bits per heavy atom. The minimum Gasteiger partial charge on any atom is -0.264 e. The molecule has 0 radical (unpaired) electrons. The Bertz CT molecular complexity index is 1840. The highest BCUT2D eigenvalue weighted by molar-refractivity contribution is 5.80. The molecule has 5 nitrogen and oxygen atoms in total. The summed E-state index contributed by atoms with van der Waals surface area (Å²) in [4.78, 5) is 19.4. The third-order valence-corrected chi connectivity index (χ3v) is 10.6. The first-order chi connectivity index (χ1) is 20.2. The Labute approximate surface area is 239 Å². The molecule has 2 heterocycles.